The number of ketones is 1. The van der Waals surface area contributed by atoms with Gasteiger partial charge in [-0.25, -0.2) is 0 Å². The van der Waals surface area contributed by atoms with Gasteiger partial charge in [-0.05, 0) is 39.4 Å². The molecule has 0 saturated carbocycles. The molecule has 0 aliphatic carbocycles. The Balaban J connectivity index is 2.04. The van der Waals surface area contributed by atoms with Crippen molar-refractivity contribution < 1.29 is 4.79 Å². The van der Waals surface area contributed by atoms with Gasteiger partial charge >= 0.3 is 0 Å². The average molecular weight is 284 g/mol. The van der Waals surface area contributed by atoms with Crippen LogP contribution in [0.15, 0.2) is 36.4 Å². The van der Waals surface area contributed by atoms with Gasteiger partial charge in [-0.2, -0.15) is 0 Å². The van der Waals surface area contributed by atoms with Crippen molar-refractivity contribution in [3.8, 4) is 0 Å². The van der Waals surface area contributed by atoms with E-state index >= 15 is 0 Å². The van der Waals surface area contributed by atoms with Crippen molar-refractivity contribution in [1.82, 2.24) is 9.47 Å². The lowest BCUT2D eigenvalue weighted by atomic mass is 10.1. The molecule has 2 rings (SSSR count). The summed E-state index contributed by atoms with van der Waals surface area (Å²) < 4.78 is 2.18. The summed E-state index contributed by atoms with van der Waals surface area (Å²) >= 11 is 0. The Hall–Kier alpha value is -1.87. The molecule has 0 radical (unpaired) electrons. The zero-order valence-electron chi connectivity index (χ0n) is 13.4. The topological polar surface area (TPSA) is 25.2 Å². The third-order valence-corrected chi connectivity index (χ3v) is 3.90. The van der Waals surface area contributed by atoms with Crippen LogP contribution in [0.3, 0.4) is 0 Å². The van der Waals surface area contributed by atoms with Crippen molar-refractivity contribution in [2.24, 2.45) is 0 Å². The summed E-state index contributed by atoms with van der Waals surface area (Å²) in [6, 6.07) is 12.2. The standard InChI is InChI=1S/C18H24N2O/c1-5-20-14(2)11-17(15(20)3)18(21)13-19(4)12-16-9-7-6-8-10-16/h6-11H,5,12-13H2,1-4H3. The summed E-state index contributed by atoms with van der Waals surface area (Å²) in [7, 11) is 1.99. The van der Waals surface area contributed by atoms with Gasteiger partial charge in [0.25, 0.3) is 0 Å². The molecule has 2 aromatic rings. The number of hydrogen-bond acceptors (Lipinski definition) is 2. The summed E-state index contributed by atoms with van der Waals surface area (Å²) in [5.41, 5.74) is 4.32. The van der Waals surface area contributed by atoms with Crippen LogP contribution >= 0.6 is 0 Å². The molecular formula is C18H24N2O. The van der Waals surface area contributed by atoms with Crippen LogP contribution in [-0.2, 0) is 13.1 Å². The third kappa shape index (κ3) is 3.61. The van der Waals surface area contributed by atoms with Gasteiger partial charge in [0.05, 0.1) is 6.54 Å². The van der Waals surface area contributed by atoms with E-state index in [4.69, 9.17) is 0 Å². The fourth-order valence-corrected chi connectivity index (χ4v) is 2.85. The molecule has 0 spiro atoms. The molecule has 0 unspecified atom stereocenters. The van der Waals surface area contributed by atoms with E-state index in [0.29, 0.717) is 6.54 Å². The van der Waals surface area contributed by atoms with Crippen LogP contribution in [0.4, 0.5) is 0 Å². The molecule has 3 heteroatoms. The van der Waals surface area contributed by atoms with E-state index in [1.807, 2.05) is 38.2 Å². The number of benzene rings is 1. The van der Waals surface area contributed by atoms with E-state index in [1.54, 1.807) is 0 Å². The van der Waals surface area contributed by atoms with Gasteiger partial charge in [0.1, 0.15) is 0 Å². The maximum Gasteiger partial charge on any atom is 0.178 e. The summed E-state index contributed by atoms with van der Waals surface area (Å²) in [4.78, 5) is 14.6. The predicted molar refractivity (Wildman–Crippen MR) is 86.7 cm³/mol. The fourth-order valence-electron chi connectivity index (χ4n) is 2.85. The number of aryl methyl sites for hydroxylation is 1. The van der Waals surface area contributed by atoms with E-state index in [1.165, 1.54) is 5.56 Å². The molecular weight excluding hydrogens is 260 g/mol. The number of hydrogen-bond donors (Lipinski definition) is 0. The molecule has 0 bridgehead atoms. The number of carbonyl (C=O) groups excluding carboxylic acids is 1. The second kappa shape index (κ2) is 6.72. The van der Waals surface area contributed by atoms with Crippen molar-refractivity contribution in [2.45, 2.75) is 33.9 Å². The van der Waals surface area contributed by atoms with Crippen molar-refractivity contribution >= 4 is 5.78 Å². The number of rotatable bonds is 6. The SMILES string of the molecule is CCn1c(C)cc(C(=O)CN(C)Cc2ccccc2)c1C. The van der Waals surface area contributed by atoms with Gasteiger partial charge in [-0.1, -0.05) is 30.3 Å². The molecule has 0 amide bonds. The number of likely N-dealkylation sites (N-methyl/N-ethyl adjacent to an activating group) is 1. The summed E-state index contributed by atoms with van der Waals surface area (Å²) in [5.74, 6) is 0.196. The number of Topliss-reactive ketones (excluding diaryl/α,β-unsaturated/α-hetero) is 1. The predicted octanol–water partition coefficient (Wildman–Crippen LogP) is 3.44. The molecule has 112 valence electrons. The summed E-state index contributed by atoms with van der Waals surface area (Å²) in [6.07, 6.45) is 0. The molecule has 0 saturated heterocycles. The molecule has 3 nitrogen and oxygen atoms in total. The van der Waals surface area contributed by atoms with Gasteiger partial charge in [-0.15, -0.1) is 0 Å². The van der Waals surface area contributed by atoms with E-state index < -0.39 is 0 Å². The molecule has 0 N–H and O–H groups in total. The highest BCUT2D eigenvalue weighted by Crippen LogP contribution is 2.16. The first-order chi connectivity index (χ1) is 10.0. The Kier molecular flexibility index (Phi) is 4.97. The molecule has 1 aromatic carbocycles. The zero-order valence-corrected chi connectivity index (χ0v) is 13.4. The lowest BCUT2D eigenvalue weighted by Gasteiger charge is -2.16. The van der Waals surface area contributed by atoms with Crippen LogP contribution in [0.5, 0.6) is 0 Å². The van der Waals surface area contributed by atoms with Gasteiger partial charge in [0, 0.05) is 30.0 Å². The molecule has 1 aromatic heterocycles. The van der Waals surface area contributed by atoms with Crippen LogP contribution in [0, 0.1) is 13.8 Å². The Morgan fingerprint density at radius 3 is 2.43 bits per heavy atom. The van der Waals surface area contributed by atoms with Crippen LogP contribution in [0.1, 0.15) is 34.2 Å². The van der Waals surface area contributed by atoms with Crippen LogP contribution in [0.2, 0.25) is 0 Å². The summed E-state index contributed by atoms with van der Waals surface area (Å²) in [5, 5.41) is 0. The monoisotopic (exact) mass is 284 g/mol. The van der Waals surface area contributed by atoms with Crippen LogP contribution in [0.25, 0.3) is 0 Å². The second-order valence-corrected chi connectivity index (χ2v) is 5.61. The first-order valence-corrected chi connectivity index (χ1v) is 7.45. The quantitative estimate of drug-likeness (QED) is 0.759. The number of carbonyl (C=O) groups is 1. The van der Waals surface area contributed by atoms with Gasteiger partial charge in [0.15, 0.2) is 5.78 Å². The minimum Gasteiger partial charge on any atom is -0.349 e. The van der Waals surface area contributed by atoms with E-state index in [-0.39, 0.29) is 5.78 Å². The normalized spacial score (nSPS) is 11.1. The molecule has 0 atom stereocenters. The second-order valence-electron chi connectivity index (χ2n) is 5.61. The first kappa shape index (κ1) is 15.5. The molecule has 21 heavy (non-hydrogen) atoms. The Bertz CT molecular complexity index is 614. The van der Waals surface area contributed by atoms with Gasteiger partial charge < -0.3 is 4.57 Å². The Morgan fingerprint density at radius 1 is 1.19 bits per heavy atom. The van der Waals surface area contributed by atoms with Gasteiger partial charge in [-0.3, -0.25) is 9.69 Å². The minimum absolute atomic E-state index is 0.196. The minimum atomic E-state index is 0.196. The largest absolute Gasteiger partial charge is 0.349 e. The van der Waals surface area contributed by atoms with Crippen molar-refractivity contribution in [3.63, 3.8) is 0 Å². The van der Waals surface area contributed by atoms with E-state index in [0.717, 1.165) is 30.0 Å². The van der Waals surface area contributed by atoms with Gasteiger partial charge in [0.2, 0.25) is 0 Å². The molecule has 0 fully saturated rings. The zero-order chi connectivity index (χ0) is 15.4. The van der Waals surface area contributed by atoms with Crippen LogP contribution in [-0.4, -0.2) is 28.8 Å². The number of aromatic nitrogens is 1. The average Bonchev–Trinajstić information content (AvgIpc) is 2.74. The maximum absolute atomic E-state index is 12.5. The molecule has 1 heterocycles. The smallest absolute Gasteiger partial charge is 0.178 e. The Labute approximate surface area is 127 Å². The van der Waals surface area contributed by atoms with Crippen molar-refractivity contribution in [2.75, 3.05) is 13.6 Å². The highest BCUT2D eigenvalue weighted by molar-refractivity contribution is 5.99. The third-order valence-electron chi connectivity index (χ3n) is 3.90. The highest BCUT2D eigenvalue weighted by Gasteiger charge is 2.16. The Morgan fingerprint density at radius 2 is 1.86 bits per heavy atom. The summed E-state index contributed by atoms with van der Waals surface area (Å²) in [6.45, 7) is 8.34. The maximum atomic E-state index is 12.5. The van der Waals surface area contributed by atoms with E-state index in [2.05, 4.69) is 35.4 Å². The number of nitrogens with zero attached hydrogens (tertiary/aromatic N) is 2. The highest BCUT2D eigenvalue weighted by atomic mass is 16.1. The molecule has 0 aliphatic rings. The fraction of sp³-hybridized carbons (Fsp3) is 0.389. The molecule has 0 aliphatic heterocycles. The van der Waals surface area contributed by atoms with Crippen LogP contribution < -0.4 is 0 Å². The first-order valence-electron chi connectivity index (χ1n) is 7.45. The lowest BCUT2D eigenvalue weighted by Crippen LogP contribution is -2.25. The van der Waals surface area contributed by atoms with Crippen molar-refractivity contribution in [1.29, 1.82) is 0 Å². The lowest BCUT2D eigenvalue weighted by molar-refractivity contribution is 0.0942. The van der Waals surface area contributed by atoms with Crippen molar-refractivity contribution in [3.05, 3.63) is 58.9 Å². The van der Waals surface area contributed by atoms with E-state index in [9.17, 15) is 4.79 Å².